The lowest BCUT2D eigenvalue weighted by molar-refractivity contribution is -0.270. The van der Waals surface area contributed by atoms with Crippen molar-refractivity contribution in [2.45, 2.75) is 24.8 Å². The van der Waals surface area contributed by atoms with Gasteiger partial charge in [-0.05, 0) is 25.7 Å². The number of fused-ring (bicyclic) bond motifs is 1. The molecule has 1 atom stereocenters. The van der Waals surface area contributed by atoms with Crippen molar-refractivity contribution in [1.82, 2.24) is 0 Å². The maximum Gasteiger partial charge on any atom is 0.391 e. The van der Waals surface area contributed by atoms with Gasteiger partial charge >= 0.3 is 11.6 Å². The number of para-hydroxylation sites is 1. The molecule has 21 heavy (non-hydrogen) atoms. The second kappa shape index (κ2) is 6.22. The van der Waals surface area contributed by atoms with Gasteiger partial charge < -0.3 is 14.3 Å². The van der Waals surface area contributed by atoms with E-state index in [0.29, 0.717) is 5.39 Å². The van der Waals surface area contributed by atoms with Crippen LogP contribution < -0.4 is 10.7 Å². The van der Waals surface area contributed by atoms with Gasteiger partial charge in [0.1, 0.15) is 11.8 Å². The van der Waals surface area contributed by atoms with Crippen molar-refractivity contribution in [1.29, 1.82) is 0 Å². The molecular weight excluding hydrogens is 292 g/mol. The molecule has 0 aliphatic carbocycles. The van der Waals surface area contributed by atoms with Crippen LogP contribution >= 0.6 is 0 Å². The fourth-order valence-corrected chi connectivity index (χ4v) is 3.27. The maximum absolute atomic E-state index is 12.4. The summed E-state index contributed by atoms with van der Waals surface area (Å²) in [5, 5.41) is 12.7. The van der Waals surface area contributed by atoms with E-state index in [2.05, 4.69) is 0 Å². The zero-order valence-electron chi connectivity index (χ0n) is 12.0. The Bertz CT molecular complexity index is 720. The number of rotatable bonds is 4. The molecule has 0 fully saturated rings. The average molecular weight is 308 g/mol. The molecule has 112 valence electrons. The number of hydrogen-bond donors (Lipinski definition) is 0. The lowest BCUT2D eigenvalue weighted by Gasteiger charge is -2.13. The number of hydrogen-bond acceptors (Lipinski definition) is 5. The summed E-state index contributed by atoms with van der Waals surface area (Å²) < 4.78 is 10.2. The maximum atomic E-state index is 12.4. The van der Waals surface area contributed by atoms with Gasteiger partial charge in [0, 0.05) is 16.3 Å². The predicted octanol–water partition coefficient (Wildman–Crippen LogP) is 1.43. The Hall–Kier alpha value is -1.95. The van der Waals surface area contributed by atoms with Gasteiger partial charge in [-0.1, -0.05) is 18.2 Å². The van der Waals surface area contributed by atoms with Gasteiger partial charge in [-0.2, -0.15) is 0 Å². The Morgan fingerprint density at radius 1 is 1.38 bits per heavy atom. The molecule has 0 radical (unpaired) electrons. The fourth-order valence-electron chi connectivity index (χ4n) is 1.95. The minimum absolute atomic E-state index is 0.00345. The van der Waals surface area contributed by atoms with E-state index in [9.17, 15) is 14.7 Å². The van der Waals surface area contributed by atoms with Gasteiger partial charge in [-0.15, -0.1) is 0 Å². The van der Waals surface area contributed by atoms with Crippen molar-refractivity contribution in [3.63, 3.8) is 0 Å². The highest BCUT2D eigenvalue weighted by Gasteiger charge is 2.28. The average Bonchev–Trinajstić information content (AvgIpc) is 2.37. The van der Waals surface area contributed by atoms with Gasteiger partial charge in [-0.25, -0.2) is 9.59 Å². The first-order chi connectivity index (χ1) is 9.90. The summed E-state index contributed by atoms with van der Waals surface area (Å²) in [6.07, 6.45) is 1.44. The zero-order valence-corrected chi connectivity index (χ0v) is 12.9. The second-order valence-corrected chi connectivity index (χ2v) is 6.84. The summed E-state index contributed by atoms with van der Waals surface area (Å²) in [5.41, 5.74) is -0.417. The second-order valence-electron chi connectivity index (χ2n) is 4.86. The predicted molar refractivity (Wildman–Crippen MR) is 79.6 cm³/mol. The first-order valence-electron chi connectivity index (χ1n) is 6.45. The molecule has 0 aliphatic rings. The third kappa shape index (κ3) is 3.39. The third-order valence-corrected chi connectivity index (χ3v) is 4.49. The van der Waals surface area contributed by atoms with Crippen LogP contribution in [0.3, 0.4) is 0 Å². The molecule has 0 saturated carbocycles. The van der Waals surface area contributed by atoms with E-state index in [0.717, 1.165) is 0 Å². The van der Waals surface area contributed by atoms with Crippen molar-refractivity contribution in [2.75, 3.05) is 12.0 Å². The molecule has 1 aromatic carbocycles. The van der Waals surface area contributed by atoms with Crippen LogP contribution in [0.5, 0.6) is 5.75 Å². The number of carbonyl (C=O) groups is 1. The minimum Gasteiger partial charge on any atom is -0.868 e. The van der Waals surface area contributed by atoms with E-state index in [4.69, 9.17) is 9.15 Å². The van der Waals surface area contributed by atoms with Crippen LogP contribution in [0.15, 0.2) is 38.4 Å². The van der Waals surface area contributed by atoms with Gasteiger partial charge in [-0.3, -0.25) is 0 Å². The van der Waals surface area contributed by atoms with E-state index in [1.54, 1.807) is 44.4 Å². The van der Waals surface area contributed by atoms with Gasteiger partial charge in [0.15, 0.2) is 0 Å². The number of esters is 1. The quantitative estimate of drug-likeness (QED) is 0.485. The van der Waals surface area contributed by atoms with Crippen molar-refractivity contribution < 1.29 is 19.1 Å². The summed E-state index contributed by atoms with van der Waals surface area (Å²) in [6.45, 7) is 3.49. The molecule has 0 amide bonds. The molecule has 1 aromatic heterocycles. The highest BCUT2D eigenvalue weighted by molar-refractivity contribution is 7.97. The number of ether oxygens (including phenoxy) is 1. The van der Waals surface area contributed by atoms with E-state index < -0.39 is 22.5 Å². The molecule has 1 heterocycles. The van der Waals surface area contributed by atoms with E-state index in [1.807, 2.05) is 0 Å². The van der Waals surface area contributed by atoms with Crippen LogP contribution in [-0.4, -0.2) is 24.1 Å². The molecule has 1 unspecified atom stereocenters. The van der Waals surface area contributed by atoms with Crippen molar-refractivity contribution in [2.24, 2.45) is 0 Å². The molecule has 2 rings (SSSR count). The third-order valence-electron chi connectivity index (χ3n) is 2.78. The zero-order chi connectivity index (χ0) is 15.6. The van der Waals surface area contributed by atoms with Crippen molar-refractivity contribution in [3.8, 4) is 5.75 Å². The highest BCUT2D eigenvalue weighted by Crippen LogP contribution is 2.27. The molecule has 0 bridgehead atoms. The summed E-state index contributed by atoms with van der Waals surface area (Å²) >= 11 is 0. The van der Waals surface area contributed by atoms with Crippen LogP contribution in [0, 0.1) is 0 Å². The summed E-state index contributed by atoms with van der Waals surface area (Å²) in [4.78, 5) is 23.7. The topological polar surface area (TPSA) is 79.6 Å². The lowest BCUT2D eigenvalue weighted by Crippen LogP contribution is -2.25. The van der Waals surface area contributed by atoms with Crippen LogP contribution in [0.2, 0.25) is 0 Å². The Balaban J connectivity index is 2.37. The van der Waals surface area contributed by atoms with Crippen molar-refractivity contribution >= 4 is 27.8 Å². The molecule has 5 nitrogen and oxygen atoms in total. The van der Waals surface area contributed by atoms with Crippen molar-refractivity contribution in [3.05, 3.63) is 34.7 Å². The molecular formula is C15H16O5S. The Labute approximate surface area is 124 Å². The SMILES string of the molecule is CC(C)OC(=O)C[S+](C)c1c([O-])c2ccccc2oc1=O. The standard InChI is InChI=1S/C15H16O5S/c1-9(2)19-12(16)8-21(3)14-13(17)10-6-4-5-7-11(10)20-15(14)18/h4-7,9H,8H2,1-3H3. The Kier molecular flexibility index (Phi) is 4.57. The van der Waals surface area contributed by atoms with Crippen LogP contribution in [-0.2, 0) is 20.4 Å². The lowest BCUT2D eigenvalue weighted by atomic mass is 10.2. The van der Waals surface area contributed by atoms with Crippen LogP contribution in [0.25, 0.3) is 11.0 Å². The van der Waals surface area contributed by atoms with Crippen LogP contribution in [0.1, 0.15) is 13.8 Å². The molecule has 0 spiro atoms. The molecule has 2 aromatic rings. The smallest absolute Gasteiger partial charge is 0.391 e. The Morgan fingerprint density at radius 2 is 2.05 bits per heavy atom. The van der Waals surface area contributed by atoms with E-state index in [1.165, 1.54) is 0 Å². The first kappa shape index (κ1) is 15.4. The van der Waals surface area contributed by atoms with E-state index in [-0.39, 0.29) is 28.1 Å². The largest absolute Gasteiger partial charge is 0.868 e. The number of carbonyl (C=O) groups excluding carboxylic acids is 1. The van der Waals surface area contributed by atoms with Gasteiger partial charge in [0.25, 0.3) is 0 Å². The van der Waals surface area contributed by atoms with Gasteiger partial charge in [0.05, 0.1) is 6.10 Å². The van der Waals surface area contributed by atoms with Crippen LogP contribution in [0.4, 0.5) is 0 Å². The molecule has 0 saturated heterocycles. The normalized spacial score (nSPS) is 12.6. The van der Waals surface area contributed by atoms with Gasteiger partial charge in [0.2, 0.25) is 10.6 Å². The highest BCUT2D eigenvalue weighted by atomic mass is 32.2. The summed E-state index contributed by atoms with van der Waals surface area (Å²) in [6, 6.07) is 6.57. The van der Waals surface area contributed by atoms with E-state index >= 15 is 0 Å². The monoisotopic (exact) mass is 308 g/mol. The Morgan fingerprint density at radius 3 is 2.71 bits per heavy atom. The fraction of sp³-hybridized carbons (Fsp3) is 0.333. The first-order valence-corrected chi connectivity index (χ1v) is 8.25. The minimum atomic E-state index is -0.852. The molecule has 0 N–H and O–H groups in total. The summed E-state index contributed by atoms with van der Waals surface area (Å²) in [5.74, 6) is -0.802. The molecule has 6 heteroatoms. The summed E-state index contributed by atoms with van der Waals surface area (Å²) in [7, 11) is -0.852. The molecule has 0 aliphatic heterocycles. The number of benzene rings is 1.